The number of urea groups is 1. The van der Waals surface area contributed by atoms with Crippen molar-refractivity contribution in [2.45, 2.75) is 69.7 Å². The Morgan fingerprint density at radius 1 is 1.12 bits per heavy atom. The van der Waals surface area contributed by atoms with Crippen LogP contribution in [0.2, 0.25) is 0 Å². The van der Waals surface area contributed by atoms with Crippen molar-refractivity contribution in [3.8, 4) is 5.75 Å². The van der Waals surface area contributed by atoms with Crippen molar-refractivity contribution in [1.29, 1.82) is 0 Å². The van der Waals surface area contributed by atoms with Gasteiger partial charge in [0.05, 0.1) is 18.0 Å². The monoisotopic (exact) mass is 685 g/mol. The lowest BCUT2D eigenvalue weighted by atomic mass is 9.81. The minimum atomic E-state index is -3.42. The van der Waals surface area contributed by atoms with Crippen LogP contribution in [0.3, 0.4) is 0 Å². The Morgan fingerprint density at radius 3 is 2.59 bits per heavy atom. The van der Waals surface area contributed by atoms with Gasteiger partial charge in [0.1, 0.15) is 17.4 Å². The number of anilines is 1. The van der Waals surface area contributed by atoms with Crippen LogP contribution in [0, 0.1) is 0 Å². The number of nitrogens with zero attached hydrogens (tertiary/aromatic N) is 4. The molecule has 13 heteroatoms. The van der Waals surface area contributed by atoms with E-state index < -0.39 is 27.7 Å². The van der Waals surface area contributed by atoms with Gasteiger partial charge in [-0.05, 0) is 91.9 Å². The normalized spacial score (nSPS) is 22.5. The zero-order valence-corrected chi connectivity index (χ0v) is 29.5. The standard InChI is InChI=1S/C36H43N7O5S/c1-34(2,3)25-18-24(21-37-49(6,46)47)19-26(20-25)38-33(45)39-36(23-44)16-14-30(28-10-7-8-11-29(28)36)48-27-12-13-31-40-41-32(43(31)22-27)35(4)15-9-17-42(35)5/h7-8,10-14,16,18-20,22-23,30,37H,9,15,17,21H2,1-6H3,(H2,38,39,45)/t30-,35+,36-/m1/s1. The molecule has 49 heavy (non-hydrogen) atoms. The molecule has 1 saturated heterocycles. The van der Waals surface area contributed by atoms with Crippen LogP contribution in [0.25, 0.3) is 5.65 Å². The Labute approximate surface area is 287 Å². The number of sulfonamides is 1. The van der Waals surface area contributed by atoms with E-state index in [9.17, 15) is 18.0 Å². The molecule has 2 aliphatic rings. The maximum Gasteiger partial charge on any atom is 0.320 e. The van der Waals surface area contributed by atoms with Gasteiger partial charge < -0.3 is 15.4 Å². The number of pyridine rings is 1. The molecule has 0 unspecified atom stereocenters. The van der Waals surface area contributed by atoms with Crippen LogP contribution in [0.4, 0.5) is 10.5 Å². The Morgan fingerprint density at radius 2 is 1.90 bits per heavy atom. The van der Waals surface area contributed by atoms with Crippen molar-refractivity contribution >= 4 is 33.7 Å². The van der Waals surface area contributed by atoms with Crippen LogP contribution < -0.4 is 20.1 Å². The fourth-order valence-corrected chi connectivity index (χ4v) is 7.03. The van der Waals surface area contributed by atoms with E-state index in [1.54, 1.807) is 24.3 Å². The summed E-state index contributed by atoms with van der Waals surface area (Å²) >= 11 is 0. The third-order valence-electron chi connectivity index (χ3n) is 9.53. The number of aldehydes is 1. The van der Waals surface area contributed by atoms with Crippen molar-refractivity contribution in [2.75, 3.05) is 25.2 Å². The molecule has 3 atom stereocenters. The molecular formula is C36H43N7O5S. The van der Waals surface area contributed by atoms with Crippen molar-refractivity contribution in [3.05, 3.63) is 101 Å². The number of hydrogen-bond donors (Lipinski definition) is 3. The maximum atomic E-state index is 13.5. The van der Waals surface area contributed by atoms with E-state index in [-0.39, 0.29) is 17.5 Å². The summed E-state index contributed by atoms with van der Waals surface area (Å²) in [5.74, 6) is 1.46. The van der Waals surface area contributed by atoms with Gasteiger partial charge in [0, 0.05) is 17.8 Å². The first kappa shape index (κ1) is 34.3. The Hall–Kier alpha value is -4.59. The van der Waals surface area contributed by atoms with E-state index in [4.69, 9.17) is 4.74 Å². The molecular weight excluding hydrogens is 643 g/mol. The Bertz CT molecular complexity index is 2050. The van der Waals surface area contributed by atoms with Gasteiger partial charge in [0.15, 0.2) is 17.8 Å². The average Bonchev–Trinajstić information content (AvgIpc) is 3.63. The number of carbonyl (C=O) groups is 2. The summed E-state index contributed by atoms with van der Waals surface area (Å²) in [6.45, 7) is 9.33. The molecule has 0 spiro atoms. The van der Waals surface area contributed by atoms with Gasteiger partial charge in [0.25, 0.3) is 0 Å². The summed E-state index contributed by atoms with van der Waals surface area (Å²) in [5.41, 5.74) is 2.12. The first-order valence-electron chi connectivity index (χ1n) is 16.3. The molecule has 4 aromatic rings. The summed E-state index contributed by atoms with van der Waals surface area (Å²) in [5, 5.41) is 14.7. The number of benzene rings is 2. The first-order valence-corrected chi connectivity index (χ1v) is 18.2. The lowest BCUT2D eigenvalue weighted by molar-refractivity contribution is -0.111. The van der Waals surface area contributed by atoms with Gasteiger partial charge in [-0.3, -0.25) is 14.1 Å². The molecule has 258 valence electrons. The van der Waals surface area contributed by atoms with E-state index >= 15 is 0 Å². The smallest absolute Gasteiger partial charge is 0.320 e. The SMILES string of the molecule is CN1CCC[C@@]1(C)c1nnc2ccc(O[C@@H]3C=C[C@](C=O)(NC(=O)Nc4cc(CNS(C)(=O)=O)cc(C(C)(C)C)c4)c4ccccc43)cn12. The number of hydrogen-bond acceptors (Lipinski definition) is 8. The molecule has 12 nitrogen and oxygen atoms in total. The highest BCUT2D eigenvalue weighted by Crippen LogP contribution is 2.39. The quantitative estimate of drug-likeness (QED) is 0.166. The Kier molecular flexibility index (Phi) is 8.88. The van der Waals surface area contributed by atoms with Crippen LogP contribution in [0.5, 0.6) is 5.75 Å². The van der Waals surface area contributed by atoms with Gasteiger partial charge >= 0.3 is 6.03 Å². The molecule has 2 amide bonds. The third kappa shape index (κ3) is 6.96. The van der Waals surface area contributed by atoms with Crippen molar-refractivity contribution in [2.24, 2.45) is 0 Å². The van der Waals surface area contributed by atoms with Gasteiger partial charge in [-0.25, -0.2) is 17.9 Å². The molecule has 3 N–H and O–H groups in total. The fraction of sp³-hybridized carbons (Fsp3) is 0.389. The number of rotatable bonds is 9. The molecule has 2 aromatic heterocycles. The number of fused-ring (bicyclic) bond motifs is 2. The number of carbonyl (C=O) groups excluding carboxylic acids is 2. The number of likely N-dealkylation sites (tertiary alicyclic amines) is 1. The summed E-state index contributed by atoms with van der Waals surface area (Å²) < 4.78 is 34.5. The van der Waals surface area contributed by atoms with Crippen molar-refractivity contribution in [1.82, 2.24) is 29.5 Å². The topological polar surface area (TPSA) is 147 Å². The third-order valence-corrected chi connectivity index (χ3v) is 10.2. The van der Waals surface area contributed by atoms with E-state index in [1.165, 1.54) is 0 Å². The van der Waals surface area contributed by atoms with Gasteiger partial charge in [0.2, 0.25) is 10.0 Å². The zero-order chi connectivity index (χ0) is 35.2. The predicted octanol–water partition coefficient (Wildman–Crippen LogP) is 4.92. The van der Waals surface area contributed by atoms with E-state index in [0.717, 1.165) is 48.2 Å². The second kappa shape index (κ2) is 12.7. The van der Waals surface area contributed by atoms with Crippen LogP contribution in [-0.4, -0.2) is 60.1 Å². The number of ether oxygens (including phenoxy) is 1. The van der Waals surface area contributed by atoms with Crippen molar-refractivity contribution < 1.29 is 22.7 Å². The van der Waals surface area contributed by atoms with Crippen LogP contribution in [0.1, 0.15) is 74.7 Å². The molecule has 0 saturated carbocycles. The van der Waals surface area contributed by atoms with Crippen LogP contribution >= 0.6 is 0 Å². The maximum absolute atomic E-state index is 13.5. The first-order chi connectivity index (χ1) is 23.1. The largest absolute Gasteiger partial charge is 0.480 e. The van der Waals surface area contributed by atoms with Crippen LogP contribution in [-0.2, 0) is 37.9 Å². The van der Waals surface area contributed by atoms with Gasteiger partial charge in [-0.1, -0.05) is 51.1 Å². The minimum absolute atomic E-state index is 0.0663. The number of amides is 2. The molecule has 1 aliphatic heterocycles. The average molecular weight is 686 g/mol. The molecule has 6 rings (SSSR count). The summed E-state index contributed by atoms with van der Waals surface area (Å²) in [6.07, 6.45) is 8.65. The van der Waals surface area contributed by atoms with Gasteiger partial charge in [-0.2, -0.15) is 0 Å². The lowest BCUT2D eigenvalue weighted by Gasteiger charge is -2.34. The second-order valence-corrected chi connectivity index (χ2v) is 16.1. The molecule has 2 aromatic carbocycles. The fourth-order valence-electron chi connectivity index (χ4n) is 6.60. The summed E-state index contributed by atoms with van der Waals surface area (Å²) in [7, 11) is -1.32. The number of aromatic nitrogens is 3. The lowest BCUT2D eigenvalue weighted by Crippen LogP contribution is -2.49. The summed E-state index contributed by atoms with van der Waals surface area (Å²) in [6, 6.07) is 15.9. The highest BCUT2D eigenvalue weighted by Gasteiger charge is 2.40. The molecule has 0 radical (unpaired) electrons. The van der Waals surface area contributed by atoms with Gasteiger partial charge in [-0.15, -0.1) is 10.2 Å². The highest BCUT2D eigenvalue weighted by molar-refractivity contribution is 7.88. The molecule has 3 heterocycles. The highest BCUT2D eigenvalue weighted by atomic mass is 32.2. The zero-order valence-electron chi connectivity index (χ0n) is 28.6. The molecule has 0 bridgehead atoms. The second-order valence-electron chi connectivity index (χ2n) is 14.2. The summed E-state index contributed by atoms with van der Waals surface area (Å²) in [4.78, 5) is 28.7. The van der Waals surface area contributed by atoms with E-state index in [0.29, 0.717) is 28.8 Å². The molecule has 1 fully saturated rings. The number of nitrogens with one attached hydrogen (secondary N) is 3. The predicted molar refractivity (Wildman–Crippen MR) is 188 cm³/mol. The van der Waals surface area contributed by atoms with Crippen LogP contribution in [0.15, 0.2) is 72.9 Å². The Balaban J connectivity index is 1.25. The minimum Gasteiger partial charge on any atom is -0.480 e. The van der Waals surface area contributed by atoms with E-state index in [1.807, 2.05) is 73.8 Å². The molecule has 1 aliphatic carbocycles. The van der Waals surface area contributed by atoms with Crippen molar-refractivity contribution in [3.63, 3.8) is 0 Å². The van der Waals surface area contributed by atoms with E-state index in [2.05, 4.69) is 44.4 Å².